The van der Waals surface area contributed by atoms with Crippen LogP contribution in [0.15, 0.2) is 72.8 Å². The number of carbonyl (C=O) groups is 1. The standard InChI is InChI=1S/C24H24NO4/c1-27-21-14-20(15-22(28-2)23(21)29-3)24(26)25(16-18-10-6-4-7-11-18)17-19-12-8-5-9-13-19/h4-16H,17H2,1-3H3/q+1. The molecule has 0 atom stereocenters. The van der Waals surface area contributed by atoms with E-state index < -0.39 is 0 Å². The van der Waals surface area contributed by atoms with Crippen LogP contribution in [0, 0.1) is 0 Å². The molecule has 0 N–H and O–H groups in total. The normalized spacial score (nSPS) is 11.1. The van der Waals surface area contributed by atoms with Crippen LogP contribution in [0.1, 0.15) is 21.5 Å². The Labute approximate surface area is 170 Å². The van der Waals surface area contributed by atoms with E-state index in [1.54, 1.807) is 16.7 Å². The molecule has 0 bridgehead atoms. The van der Waals surface area contributed by atoms with Crippen molar-refractivity contribution >= 4 is 12.1 Å². The zero-order valence-electron chi connectivity index (χ0n) is 16.8. The van der Waals surface area contributed by atoms with Gasteiger partial charge in [0.15, 0.2) is 24.3 Å². The summed E-state index contributed by atoms with van der Waals surface area (Å²) in [6, 6.07) is 22.9. The van der Waals surface area contributed by atoms with Crippen molar-refractivity contribution in [3.8, 4) is 17.2 Å². The van der Waals surface area contributed by atoms with Crippen molar-refractivity contribution in [2.75, 3.05) is 21.3 Å². The van der Waals surface area contributed by atoms with Crippen LogP contribution in [0.4, 0.5) is 0 Å². The molecule has 3 aromatic carbocycles. The molecule has 148 valence electrons. The number of carbonyl (C=O) groups excluding carboxylic acids is 1. The summed E-state index contributed by atoms with van der Waals surface area (Å²) in [7, 11) is 4.60. The van der Waals surface area contributed by atoms with Gasteiger partial charge in [-0.2, -0.15) is 4.58 Å². The molecule has 3 rings (SSSR count). The van der Waals surface area contributed by atoms with Crippen LogP contribution in [0.25, 0.3) is 0 Å². The van der Waals surface area contributed by atoms with Crippen molar-refractivity contribution in [2.24, 2.45) is 0 Å². The highest BCUT2D eigenvalue weighted by Crippen LogP contribution is 2.38. The van der Waals surface area contributed by atoms with E-state index in [9.17, 15) is 4.79 Å². The Bertz CT molecular complexity index is 973. The highest BCUT2D eigenvalue weighted by atomic mass is 16.5. The predicted octanol–water partition coefficient (Wildman–Crippen LogP) is 4.18. The number of rotatable bonds is 7. The van der Waals surface area contributed by atoms with Gasteiger partial charge in [-0.15, -0.1) is 0 Å². The second-order valence-electron chi connectivity index (χ2n) is 6.37. The molecule has 1 amide bonds. The lowest BCUT2D eigenvalue weighted by atomic mass is 10.1. The lowest BCUT2D eigenvalue weighted by Crippen LogP contribution is -2.22. The maximum atomic E-state index is 13.4. The summed E-state index contributed by atoms with van der Waals surface area (Å²) in [4.78, 5) is 13.4. The van der Waals surface area contributed by atoms with E-state index in [4.69, 9.17) is 14.2 Å². The van der Waals surface area contributed by atoms with Gasteiger partial charge in [0.05, 0.1) is 26.9 Å². The van der Waals surface area contributed by atoms with Crippen molar-refractivity contribution in [1.82, 2.24) is 0 Å². The zero-order chi connectivity index (χ0) is 20.6. The van der Waals surface area contributed by atoms with Gasteiger partial charge in [0.2, 0.25) is 5.75 Å². The molecule has 5 nitrogen and oxygen atoms in total. The van der Waals surface area contributed by atoms with E-state index in [-0.39, 0.29) is 5.91 Å². The molecule has 0 aliphatic carbocycles. The average Bonchev–Trinajstić information content (AvgIpc) is 2.78. The Balaban J connectivity index is 2.06. The highest BCUT2D eigenvalue weighted by Gasteiger charge is 2.25. The third kappa shape index (κ3) is 4.82. The molecule has 3 aromatic rings. The van der Waals surface area contributed by atoms with Crippen LogP contribution < -0.4 is 14.2 Å². The first kappa shape index (κ1) is 20.1. The van der Waals surface area contributed by atoms with Crippen LogP contribution in [0.2, 0.25) is 0 Å². The molecule has 0 saturated heterocycles. The lowest BCUT2D eigenvalue weighted by Gasteiger charge is -2.13. The van der Waals surface area contributed by atoms with Crippen LogP contribution in [-0.2, 0) is 6.54 Å². The fourth-order valence-corrected chi connectivity index (χ4v) is 3.05. The van der Waals surface area contributed by atoms with Crippen LogP contribution >= 0.6 is 0 Å². The van der Waals surface area contributed by atoms with E-state index >= 15 is 0 Å². The van der Waals surface area contributed by atoms with Crippen LogP contribution in [0.3, 0.4) is 0 Å². The van der Waals surface area contributed by atoms with Gasteiger partial charge < -0.3 is 14.2 Å². The number of methoxy groups -OCH3 is 3. The maximum absolute atomic E-state index is 13.4. The SMILES string of the molecule is COc1cc(C(=O)[N+](=Cc2ccccc2)Cc2ccccc2)cc(OC)c1OC. The molecule has 0 fully saturated rings. The maximum Gasteiger partial charge on any atom is 0.419 e. The minimum Gasteiger partial charge on any atom is -0.493 e. The number of nitrogens with zero attached hydrogens (tertiary/aromatic N) is 1. The summed E-state index contributed by atoms with van der Waals surface area (Å²) >= 11 is 0. The first-order chi connectivity index (χ1) is 14.2. The Kier molecular flexibility index (Phi) is 6.63. The summed E-state index contributed by atoms with van der Waals surface area (Å²) in [6.45, 7) is 0.436. The Morgan fingerprint density at radius 2 is 1.38 bits per heavy atom. The van der Waals surface area contributed by atoms with E-state index in [1.807, 2.05) is 66.9 Å². The quantitative estimate of drug-likeness (QED) is 0.448. The Morgan fingerprint density at radius 1 is 0.828 bits per heavy atom. The zero-order valence-corrected chi connectivity index (χ0v) is 16.8. The molecule has 0 aromatic heterocycles. The van der Waals surface area contributed by atoms with Crippen molar-refractivity contribution in [3.63, 3.8) is 0 Å². The molecule has 0 aliphatic heterocycles. The van der Waals surface area contributed by atoms with Crippen molar-refractivity contribution in [3.05, 3.63) is 89.5 Å². The monoisotopic (exact) mass is 390 g/mol. The molecule has 0 saturated carbocycles. The van der Waals surface area contributed by atoms with Gasteiger partial charge in [-0.3, -0.25) is 0 Å². The molecular weight excluding hydrogens is 366 g/mol. The third-order valence-electron chi connectivity index (χ3n) is 4.47. The second-order valence-corrected chi connectivity index (χ2v) is 6.37. The van der Waals surface area contributed by atoms with Crippen LogP contribution in [0.5, 0.6) is 17.2 Å². The van der Waals surface area contributed by atoms with Crippen molar-refractivity contribution in [1.29, 1.82) is 0 Å². The molecule has 0 unspecified atom stereocenters. The van der Waals surface area contributed by atoms with Gasteiger partial charge in [-0.25, -0.2) is 4.79 Å². The molecule has 0 aliphatic rings. The van der Waals surface area contributed by atoms with Gasteiger partial charge >= 0.3 is 5.91 Å². The van der Waals surface area contributed by atoms with Gasteiger partial charge in [-0.1, -0.05) is 48.5 Å². The number of hydrogen-bond donors (Lipinski definition) is 0. The minimum atomic E-state index is -0.169. The molecule has 0 radical (unpaired) electrons. The van der Waals surface area contributed by atoms with E-state index in [1.165, 1.54) is 21.3 Å². The first-order valence-corrected chi connectivity index (χ1v) is 9.21. The summed E-state index contributed by atoms with van der Waals surface area (Å²) in [5.74, 6) is 1.16. The molecule has 29 heavy (non-hydrogen) atoms. The van der Waals surface area contributed by atoms with Gasteiger partial charge in [-0.05, 0) is 12.1 Å². The molecule has 0 spiro atoms. The molecule has 5 heteroatoms. The predicted molar refractivity (Wildman–Crippen MR) is 112 cm³/mol. The Morgan fingerprint density at radius 3 is 1.90 bits per heavy atom. The first-order valence-electron chi connectivity index (χ1n) is 9.21. The Hall–Kier alpha value is -3.60. The van der Waals surface area contributed by atoms with Crippen molar-refractivity contribution < 1.29 is 23.6 Å². The lowest BCUT2D eigenvalue weighted by molar-refractivity contribution is -0.440. The fraction of sp³-hybridized carbons (Fsp3) is 0.167. The van der Waals surface area contributed by atoms with Crippen LogP contribution in [-0.4, -0.2) is 38.0 Å². The van der Waals surface area contributed by atoms with Crippen molar-refractivity contribution in [2.45, 2.75) is 6.54 Å². The summed E-state index contributed by atoms with van der Waals surface area (Å²) in [6.07, 6.45) is 1.85. The summed E-state index contributed by atoms with van der Waals surface area (Å²) in [5, 5.41) is 0. The molecular formula is C24H24NO4+. The summed E-state index contributed by atoms with van der Waals surface area (Å²) < 4.78 is 17.8. The van der Waals surface area contributed by atoms with Gasteiger partial charge in [0, 0.05) is 23.3 Å². The second kappa shape index (κ2) is 9.55. The number of amides is 1. The number of ether oxygens (including phenoxy) is 3. The van der Waals surface area contributed by atoms with Gasteiger partial charge in [0.1, 0.15) is 0 Å². The van der Waals surface area contributed by atoms with E-state index in [2.05, 4.69) is 0 Å². The van der Waals surface area contributed by atoms with E-state index in [0.717, 1.165) is 11.1 Å². The minimum absolute atomic E-state index is 0.169. The van der Waals surface area contributed by atoms with Gasteiger partial charge in [0.25, 0.3) is 0 Å². The number of benzene rings is 3. The fourth-order valence-electron chi connectivity index (χ4n) is 3.05. The average molecular weight is 390 g/mol. The third-order valence-corrected chi connectivity index (χ3v) is 4.47. The molecule has 0 heterocycles. The topological polar surface area (TPSA) is 47.8 Å². The smallest absolute Gasteiger partial charge is 0.419 e. The largest absolute Gasteiger partial charge is 0.493 e. The number of hydrogen-bond acceptors (Lipinski definition) is 4. The van der Waals surface area contributed by atoms with E-state index in [0.29, 0.717) is 29.4 Å². The highest BCUT2D eigenvalue weighted by molar-refractivity contribution is 5.93. The summed E-state index contributed by atoms with van der Waals surface area (Å²) in [5.41, 5.74) is 2.41.